The molecule has 0 saturated heterocycles. The van der Waals surface area contributed by atoms with E-state index in [4.69, 9.17) is 0 Å². The fourth-order valence-corrected chi connectivity index (χ4v) is 12.3. The summed E-state index contributed by atoms with van der Waals surface area (Å²) in [7, 11) is 0. The molecule has 1 amide bonds. The molecule has 0 spiro atoms. The summed E-state index contributed by atoms with van der Waals surface area (Å²) in [6.07, 6.45) is 8.80. The lowest BCUT2D eigenvalue weighted by atomic mass is 9.36. The normalized spacial score (nSPS) is 44.7. The van der Waals surface area contributed by atoms with Gasteiger partial charge < -0.3 is 10.4 Å². The van der Waals surface area contributed by atoms with Gasteiger partial charge in [-0.25, -0.2) is 8.78 Å². The Bertz CT molecular complexity index is 1150. The highest BCUT2D eigenvalue weighted by molar-refractivity contribution is 6.06. The van der Waals surface area contributed by atoms with E-state index in [2.05, 4.69) is 46.9 Å². The summed E-state index contributed by atoms with van der Waals surface area (Å²) in [4.78, 5) is 27.9. The average Bonchev–Trinajstić information content (AvgIpc) is 3.23. The Morgan fingerprint density at radius 1 is 0.881 bits per heavy atom. The van der Waals surface area contributed by atoms with Crippen LogP contribution in [0.2, 0.25) is 0 Å². The summed E-state index contributed by atoms with van der Waals surface area (Å²) in [6.45, 7) is 14.3. The SMILES string of the molecule is CC(C)C1=C2C3CCC4[C@@](C)(CCC5C(C)(C)[C@@H](O)CC[C@@]54C)C3CCC2(C(=O)NCC2CCC(F)(F)CC2)CC1=O. The van der Waals surface area contributed by atoms with E-state index in [0.717, 1.165) is 56.1 Å². The second-order valence-corrected chi connectivity index (χ2v) is 17.0. The Morgan fingerprint density at radius 2 is 1.55 bits per heavy atom. The molecule has 4 nitrogen and oxygen atoms in total. The van der Waals surface area contributed by atoms with Gasteiger partial charge in [0.1, 0.15) is 0 Å². The van der Waals surface area contributed by atoms with Gasteiger partial charge >= 0.3 is 0 Å². The molecule has 0 aromatic rings. The highest BCUT2D eigenvalue weighted by Crippen LogP contribution is 2.72. The number of hydrogen-bond acceptors (Lipinski definition) is 3. The first-order valence-electron chi connectivity index (χ1n) is 17.2. The summed E-state index contributed by atoms with van der Waals surface area (Å²) < 4.78 is 27.5. The molecule has 0 radical (unpaired) electrons. The van der Waals surface area contributed by atoms with Crippen LogP contribution in [0.4, 0.5) is 8.78 Å². The lowest BCUT2D eigenvalue weighted by Crippen LogP contribution is -2.63. The molecule has 42 heavy (non-hydrogen) atoms. The van der Waals surface area contributed by atoms with E-state index in [0.29, 0.717) is 43.6 Å². The fourth-order valence-electron chi connectivity index (χ4n) is 12.3. The lowest BCUT2D eigenvalue weighted by Gasteiger charge is -2.68. The van der Waals surface area contributed by atoms with E-state index in [1.807, 2.05) is 0 Å². The smallest absolute Gasteiger partial charge is 0.248 e. The third kappa shape index (κ3) is 4.41. The molecule has 6 rings (SSSR count). The molecule has 6 heteroatoms. The number of allylic oxidation sites excluding steroid dienone is 1. The molecular weight excluding hydrogens is 532 g/mol. The van der Waals surface area contributed by atoms with Crippen LogP contribution in [0.15, 0.2) is 11.1 Å². The van der Waals surface area contributed by atoms with Crippen LogP contribution in [0, 0.1) is 57.2 Å². The van der Waals surface area contributed by atoms with Crippen LogP contribution < -0.4 is 5.32 Å². The molecule has 0 bridgehead atoms. The number of nitrogens with one attached hydrogen (secondary N) is 1. The van der Waals surface area contributed by atoms with Crippen molar-refractivity contribution in [2.45, 2.75) is 137 Å². The zero-order valence-corrected chi connectivity index (χ0v) is 27.0. The molecular formula is C36H55F2NO3. The summed E-state index contributed by atoms with van der Waals surface area (Å²) in [5.74, 6) is -0.471. The molecule has 6 aliphatic rings. The van der Waals surface area contributed by atoms with Gasteiger partial charge in [0.2, 0.25) is 11.8 Å². The number of Topliss-reactive ketones (excluding diaryl/α,β-unsaturated/α-hetero) is 1. The number of carbonyl (C=O) groups excluding carboxylic acids is 2. The highest BCUT2D eigenvalue weighted by atomic mass is 19.3. The number of aliphatic hydroxyl groups excluding tert-OH is 1. The molecule has 5 unspecified atom stereocenters. The van der Waals surface area contributed by atoms with E-state index in [1.165, 1.54) is 0 Å². The number of alkyl halides is 2. The van der Waals surface area contributed by atoms with Crippen molar-refractivity contribution in [3.8, 4) is 0 Å². The van der Waals surface area contributed by atoms with Gasteiger partial charge in [0, 0.05) is 25.8 Å². The van der Waals surface area contributed by atoms with E-state index >= 15 is 0 Å². The van der Waals surface area contributed by atoms with Crippen molar-refractivity contribution >= 4 is 11.7 Å². The van der Waals surface area contributed by atoms with Gasteiger partial charge in [0.25, 0.3) is 0 Å². The minimum Gasteiger partial charge on any atom is -0.393 e. The van der Waals surface area contributed by atoms with Gasteiger partial charge in [-0.3, -0.25) is 9.59 Å². The third-order valence-electron chi connectivity index (χ3n) is 14.4. The zero-order chi connectivity index (χ0) is 30.5. The number of carbonyl (C=O) groups is 2. The fraction of sp³-hybridized carbons (Fsp3) is 0.889. The van der Waals surface area contributed by atoms with Crippen LogP contribution in [0.1, 0.15) is 125 Å². The maximum absolute atomic E-state index is 14.2. The molecule has 236 valence electrons. The maximum atomic E-state index is 14.2. The predicted molar refractivity (Wildman–Crippen MR) is 161 cm³/mol. The van der Waals surface area contributed by atoms with Gasteiger partial charge in [0.05, 0.1) is 11.5 Å². The maximum Gasteiger partial charge on any atom is 0.248 e. The second kappa shape index (κ2) is 10.1. The first-order valence-corrected chi connectivity index (χ1v) is 17.2. The van der Waals surface area contributed by atoms with E-state index < -0.39 is 11.3 Å². The Hall–Kier alpha value is -1.30. The van der Waals surface area contributed by atoms with Crippen molar-refractivity contribution in [2.75, 3.05) is 6.54 Å². The number of fused-ring (bicyclic) bond motifs is 7. The van der Waals surface area contributed by atoms with Crippen LogP contribution in [0.3, 0.4) is 0 Å². The number of aliphatic hydroxyl groups is 1. The first-order chi connectivity index (χ1) is 19.6. The molecule has 8 atom stereocenters. The molecule has 6 aliphatic carbocycles. The minimum absolute atomic E-state index is 0.0248. The quantitative estimate of drug-likeness (QED) is 0.352. The topological polar surface area (TPSA) is 66.4 Å². The number of halogens is 2. The molecule has 2 N–H and O–H groups in total. The van der Waals surface area contributed by atoms with Crippen molar-refractivity contribution in [1.82, 2.24) is 5.32 Å². The largest absolute Gasteiger partial charge is 0.393 e. The van der Waals surface area contributed by atoms with Crippen LogP contribution >= 0.6 is 0 Å². The number of amides is 1. The average molecular weight is 588 g/mol. The summed E-state index contributed by atoms with van der Waals surface area (Å²) in [5.41, 5.74) is 1.59. The summed E-state index contributed by atoms with van der Waals surface area (Å²) in [5, 5.41) is 14.2. The van der Waals surface area contributed by atoms with E-state index in [1.54, 1.807) is 0 Å². The molecule has 0 heterocycles. The van der Waals surface area contributed by atoms with Crippen LogP contribution in [0.25, 0.3) is 0 Å². The zero-order valence-electron chi connectivity index (χ0n) is 27.0. The summed E-state index contributed by atoms with van der Waals surface area (Å²) >= 11 is 0. The lowest BCUT2D eigenvalue weighted by molar-refractivity contribution is -0.203. The predicted octanol–water partition coefficient (Wildman–Crippen LogP) is 7.88. The Morgan fingerprint density at radius 3 is 2.21 bits per heavy atom. The Labute approximate surface area is 252 Å². The standard InChI is InChI=1S/C36H55F2NO3/c1-21(2)29-25(40)19-35(31(42)39-20-22-9-17-36(37,38)18-10-22)16-11-24-23(30(29)35)7-8-27-33(24,5)14-12-26-32(3,4)28(41)13-15-34(26,27)6/h21-24,26-28,41H,7-20H2,1-6H3,(H,39,42)/t23?,24?,26?,27?,28-,33-,34-,35?/m0/s1. The van der Waals surface area contributed by atoms with Crippen LogP contribution in [0.5, 0.6) is 0 Å². The Balaban J connectivity index is 1.29. The van der Waals surface area contributed by atoms with Crippen LogP contribution in [-0.4, -0.2) is 35.4 Å². The highest BCUT2D eigenvalue weighted by Gasteiger charge is 2.67. The van der Waals surface area contributed by atoms with Crippen molar-refractivity contribution < 1.29 is 23.5 Å². The molecule has 0 aromatic heterocycles. The van der Waals surface area contributed by atoms with Crippen molar-refractivity contribution in [1.29, 1.82) is 0 Å². The van der Waals surface area contributed by atoms with E-state index in [9.17, 15) is 23.5 Å². The molecule has 5 saturated carbocycles. The van der Waals surface area contributed by atoms with Crippen molar-refractivity contribution in [2.24, 2.45) is 57.2 Å². The molecule has 5 fully saturated rings. The van der Waals surface area contributed by atoms with E-state index in [-0.39, 0.29) is 71.1 Å². The number of rotatable bonds is 4. The first kappa shape index (κ1) is 30.7. The van der Waals surface area contributed by atoms with Crippen molar-refractivity contribution in [3.63, 3.8) is 0 Å². The monoisotopic (exact) mass is 587 g/mol. The minimum atomic E-state index is -2.57. The van der Waals surface area contributed by atoms with Gasteiger partial charge in [-0.1, -0.05) is 41.5 Å². The molecule has 0 aliphatic heterocycles. The number of hydrogen-bond donors (Lipinski definition) is 2. The second-order valence-electron chi connectivity index (χ2n) is 17.0. The number of ketones is 1. The molecule has 0 aromatic carbocycles. The van der Waals surface area contributed by atoms with Crippen molar-refractivity contribution in [3.05, 3.63) is 11.1 Å². The Kier molecular flexibility index (Phi) is 7.39. The van der Waals surface area contributed by atoms with Gasteiger partial charge in [-0.2, -0.15) is 0 Å². The van der Waals surface area contributed by atoms with Gasteiger partial charge in [0.15, 0.2) is 5.78 Å². The third-order valence-corrected chi connectivity index (χ3v) is 14.4. The van der Waals surface area contributed by atoms with Gasteiger partial charge in [-0.15, -0.1) is 0 Å². The van der Waals surface area contributed by atoms with Crippen LogP contribution in [-0.2, 0) is 9.59 Å². The van der Waals surface area contributed by atoms with Gasteiger partial charge in [-0.05, 0) is 127 Å². The summed E-state index contributed by atoms with van der Waals surface area (Å²) in [6, 6.07) is 0.